The Kier molecular flexibility index (Phi) is 7.51. The molecular weight excluding hydrogens is 470 g/mol. The number of nitrogens with zero attached hydrogens (tertiary/aromatic N) is 3. The van der Waals surface area contributed by atoms with Gasteiger partial charge in [-0.15, -0.1) is 0 Å². The first-order chi connectivity index (χ1) is 17.9. The molecule has 8 heteroatoms. The zero-order valence-electron chi connectivity index (χ0n) is 22.4. The van der Waals surface area contributed by atoms with E-state index in [9.17, 15) is 14.4 Å². The van der Waals surface area contributed by atoms with E-state index in [1.165, 1.54) is 6.42 Å². The average molecular weight is 514 g/mol. The van der Waals surface area contributed by atoms with E-state index in [4.69, 9.17) is 9.84 Å². The predicted molar refractivity (Wildman–Crippen MR) is 139 cm³/mol. The Morgan fingerprint density at radius 2 is 1.65 bits per heavy atom. The van der Waals surface area contributed by atoms with E-state index in [1.54, 1.807) is 16.8 Å². The van der Waals surface area contributed by atoms with Gasteiger partial charge in [0.05, 0.1) is 17.4 Å². The smallest absolute Gasteiger partial charge is 0.249 e. The highest BCUT2D eigenvalue weighted by molar-refractivity contribution is 6.00. The van der Waals surface area contributed by atoms with Gasteiger partial charge in [0, 0.05) is 39.3 Å². The summed E-state index contributed by atoms with van der Waals surface area (Å²) >= 11 is 0. The minimum atomic E-state index is -1.15. The number of likely N-dealkylation sites (N-methyl/N-ethyl adjacent to an activating group) is 1. The van der Waals surface area contributed by atoms with Gasteiger partial charge >= 0.3 is 0 Å². The van der Waals surface area contributed by atoms with E-state index in [1.807, 2.05) is 36.1 Å². The van der Waals surface area contributed by atoms with E-state index in [0.29, 0.717) is 26.1 Å². The fourth-order valence-electron chi connectivity index (χ4n) is 7.61. The summed E-state index contributed by atoms with van der Waals surface area (Å²) in [5.41, 5.74) is -2.06. The number of unbranched alkanes of at least 4 members (excludes halogenated alkanes) is 3. The van der Waals surface area contributed by atoms with Crippen molar-refractivity contribution >= 4 is 17.7 Å². The van der Waals surface area contributed by atoms with Gasteiger partial charge in [-0.25, -0.2) is 0 Å². The lowest BCUT2D eigenvalue weighted by Crippen LogP contribution is -2.57. The third-order valence-corrected chi connectivity index (χ3v) is 9.49. The first-order valence-corrected chi connectivity index (χ1v) is 14.4. The monoisotopic (exact) mass is 513 g/mol. The number of ether oxygens (including phenoxy) is 1. The molecule has 1 spiro atoms. The van der Waals surface area contributed by atoms with Crippen molar-refractivity contribution in [2.75, 3.05) is 33.3 Å². The lowest BCUT2D eigenvalue weighted by atomic mass is 9.73. The van der Waals surface area contributed by atoms with Gasteiger partial charge in [0.15, 0.2) is 0 Å². The second-order valence-electron chi connectivity index (χ2n) is 11.6. The number of amides is 3. The fourth-order valence-corrected chi connectivity index (χ4v) is 7.61. The van der Waals surface area contributed by atoms with E-state index in [2.05, 4.69) is 0 Å². The number of rotatable bonds is 8. The Labute approximate surface area is 220 Å². The van der Waals surface area contributed by atoms with E-state index in [0.717, 1.165) is 51.4 Å². The highest BCUT2D eigenvalue weighted by Gasteiger charge is 2.75. The lowest BCUT2D eigenvalue weighted by Gasteiger charge is -2.40. The molecule has 5 aliphatic rings. The third kappa shape index (κ3) is 4.24. The molecule has 2 saturated heterocycles. The standard InChI is InChI=1S/C29H43N3O5/c1-3-28-15-11-17-30(2)25(34)22(28)23-26(35)32(18-9-4-5-10-20-33)24-27(36)31(21-13-7-6-8-14-21)19-12-16-29(23,24)37-28/h11-12,15-16,21-24,33H,3-10,13-14,17-20H2,1-2H3/t22-,23-,24?,28+,29-/m0/s1. The molecule has 0 aromatic carbocycles. The maximum absolute atomic E-state index is 14.4. The number of likely N-dealkylation sites (tertiary alicyclic amines) is 1. The van der Waals surface area contributed by atoms with Crippen LogP contribution in [0.15, 0.2) is 24.3 Å². The summed E-state index contributed by atoms with van der Waals surface area (Å²) in [4.78, 5) is 47.9. The Balaban J connectivity index is 1.55. The van der Waals surface area contributed by atoms with Crippen LogP contribution < -0.4 is 0 Å². The number of fused-ring (bicyclic) bond motifs is 2. The average Bonchev–Trinajstić information content (AvgIpc) is 3.20. The van der Waals surface area contributed by atoms with Crippen LogP contribution in [-0.2, 0) is 19.1 Å². The quantitative estimate of drug-likeness (QED) is 0.398. The summed E-state index contributed by atoms with van der Waals surface area (Å²) in [5.74, 6) is -1.63. The summed E-state index contributed by atoms with van der Waals surface area (Å²) in [6.45, 7) is 3.62. The Morgan fingerprint density at radius 1 is 0.919 bits per heavy atom. The molecule has 1 N–H and O–H groups in total. The van der Waals surface area contributed by atoms with Gasteiger partial charge in [0.25, 0.3) is 0 Å². The minimum Gasteiger partial charge on any atom is -0.396 e. The van der Waals surface area contributed by atoms with Crippen LogP contribution in [0.5, 0.6) is 0 Å². The van der Waals surface area contributed by atoms with Gasteiger partial charge in [-0.1, -0.05) is 63.3 Å². The van der Waals surface area contributed by atoms with E-state index in [-0.39, 0.29) is 30.4 Å². The van der Waals surface area contributed by atoms with Crippen LogP contribution in [0, 0.1) is 11.8 Å². The van der Waals surface area contributed by atoms with Gasteiger partial charge in [-0.05, 0) is 32.1 Å². The zero-order chi connectivity index (χ0) is 26.2. The molecule has 1 saturated carbocycles. The number of hydrogen-bond acceptors (Lipinski definition) is 5. The zero-order valence-corrected chi connectivity index (χ0v) is 22.4. The van der Waals surface area contributed by atoms with Crippen LogP contribution in [0.2, 0.25) is 0 Å². The van der Waals surface area contributed by atoms with Crippen LogP contribution in [0.1, 0.15) is 71.1 Å². The summed E-state index contributed by atoms with van der Waals surface area (Å²) in [6, 6.07) is -0.577. The maximum atomic E-state index is 14.4. The third-order valence-electron chi connectivity index (χ3n) is 9.49. The molecule has 37 heavy (non-hydrogen) atoms. The van der Waals surface area contributed by atoms with Crippen LogP contribution >= 0.6 is 0 Å². The first kappa shape index (κ1) is 26.4. The predicted octanol–water partition coefficient (Wildman–Crippen LogP) is 2.66. The normalized spacial score (nSPS) is 36.0. The van der Waals surface area contributed by atoms with Crippen molar-refractivity contribution < 1.29 is 24.2 Å². The number of hydrogen-bond donors (Lipinski definition) is 1. The molecule has 3 amide bonds. The van der Waals surface area contributed by atoms with Gasteiger partial charge < -0.3 is 24.5 Å². The van der Waals surface area contributed by atoms with Crippen molar-refractivity contribution in [2.45, 2.75) is 94.4 Å². The molecule has 204 valence electrons. The SMILES string of the molecule is CC[C@@]12C=CCN(C)C(=O)[C@@H]1[C@H]1C(=O)N(CCCCCCO)C3C(=O)N(C4CCCCC4)CC=C[C@@]31O2. The highest BCUT2D eigenvalue weighted by Crippen LogP contribution is 2.58. The highest BCUT2D eigenvalue weighted by atomic mass is 16.5. The molecule has 1 aliphatic carbocycles. The first-order valence-electron chi connectivity index (χ1n) is 14.4. The molecule has 5 rings (SSSR count). The summed E-state index contributed by atoms with van der Waals surface area (Å²) in [7, 11) is 1.78. The van der Waals surface area contributed by atoms with Crippen LogP contribution in [-0.4, -0.2) is 94.1 Å². The number of aliphatic hydroxyl groups excluding tert-OH is 1. The summed E-state index contributed by atoms with van der Waals surface area (Å²) in [5, 5.41) is 9.15. The van der Waals surface area contributed by atoms with Gasteiger partial charge in [0.1, 0.15) is 11.6 Å². The van der Waals surface area contributed by atoms with Crippen LogP contribution in [0.3, 0.4) is 0 Å². The molecule has 0 aromatic heterocycles. The Bertz CT molecular complexity index is 959. The van der Waals surface area contributed by atoms with Crippen molar-refractivity contribution in [1.29, 1.82) is 0 Å². The topological polar surface area (TPSA) is 90.4 Å². The molecule has 0 radical (unpaired) electrons. The Hall–Kier alpha value is -2.19. The second-order valence-corrected chi connectivity index (χ2v) is 11.6. The van der Waals surface area contributed by atoms with Crippen molar-refractivity contribution in [3.05, 3.63) is 24.3 Å². The number of aliphatic hydroxyl groups is 1. The van der Waals surface area contributed by atoms with Gasteiger partial charge in [-0.3, -0.25) is 14.4 Å². The van der Waals surface area contributed by atoms with Crippen LogP contribution in [0.4, 0.5) is 0 Å². The van der Waals surface area contributed by atoms with Crippen molar-refractivity contribution in [1.82, 2.24) is 14.7 Å². The molecule has 3 fully saturated rings. The number of carbonyl (C=O) groups is 3. The molecule has 1 unspecified atom stereocenters. The Morgan fingerprint density at radius 3 is 2.38 bits per heavy atom. The largest absolute Gasteiger partial charge is 0.396 e. The summed E-state index contributed by atoms with van der Waals surface area (Å²) < 4.78 is 6.98. The molecule has 8 nitrogen and oxygen atoms in total. The minimum absolute atomic E-state index is 0.0318. The molecule has 0 bridgehead atoms. The molecule has 0 aromatic rings. The van der Waals surface area contributed by atoms with Crippen molar-refractivity contribution in [3.63, 3.8) is 0 Å². The lowest BCUT2D eigenvalue weighted by molar-refractivity contribution is -0.155. The molecular formula is C29H43N3O5. The van der Waals surface area contributed by atoms with Crippen molar-refractivity contribution in [3.8, 4) is 0 Å². The number of carbonyl (C=O) groups excluding carboxylic acids is 3. The van der Waals surface area contributed by atoms with E-state index < -0.39 is 29.1 Å². The fraction of sp³-hybridized carbons (Fsp3) is 0.759. The van der Waals surface area contributed by atoms with Crippen LogP contribution in [0.25, 0.3) is 0 Å². The van der Waals surface area contributed by atoms with Gasteiger partial charge in [-0.2, -0.15) is 0 Å². The van der Waals surface area contributed by atoms with Gasteiger partial charge in [0.2, 0.25) is 17.7 Å². The maximum Gasteiger partial charge on any atom is 0.249 e. The molecule has 5 atom stereocenters. The van der Waals surface area contributed by atoms with Crippen molar-refractivity contribution in [2.24, 2.45) is 11.8 Å². The summed E-state index contributed by atoms with van der Waals surface area (Å²) in [6.07, 6.45) is 17.2. The molecule has 4 aliphatic heterocycles. The van der Waals surface area contributed by atoms with E-state index >= 15 is 0 Å². The molecule has 4 heterocycles. The second kappa shape index (κ2) is 10.5.